The van der Waals surface area contributed by atoms with Crippen LogP contribution < -0.4 is 10.2 Å². The van der Waals surface area contributed by atoms with E-state index < -0.39 is 5.91 Å². The van der Waals surface area contributed by atoms with Gasteiger partial charge in [0.1, 0.15) is 11.5 Å². The topological polar surface area (TPSA) is 75.8 Å². The van der Waals surface area contributed by atoms with Gasteiger partial charge in [-0.1, -0.05) is 12.1 Å². The Labute approximate surface area is 145 Å². The van der Waals surface area contributed by atoms with Crippen LogP contribution in [0.15, 0.2) is 72.1 Å². The first-order chi connectivity index (χ1) is 12.2. The predicted molar refractivity (Wildman–Crippen MR) is 95.5 cm³/mol. The van der Waals surface area contributed by atoms with Crippen LogP contribution in [0.3, 0.4) is 0 Å². The lowest BCUT2D eigenvalue weighted by atomic mass is 10.2. The van der Waals surface area contributed by atoms with Crippen molar-refractivity contribution in [2.24, 2.45) is 5.10 Å². The minimum atomic E-state index is -0.469. The standard InChI is InChI=1S/C19H17N3O3/c1-25-16-8-6-15(7-9-16)22-11-10-14(13-22)12-20-21-19(24)17-4-2-3-5-18(17)23/h2-13,23H,1H3,(H,21,24)/b20-12+. The van der Waals surface area contributed by atoms with Crippen LogP contribution in [0.1, 0.15) is 15.9 Å². The lowest BCUT2D eigenvalue weighted by Crippen LogP contribution is -2.17. The first-order valence-corrected chi connectivity index (χ1v) is 7.61. The van der Waals surface area contributed by atoms with E-state index in [0.29, 0.717) is 0 Å². The quantitative estimate of drug-likeness (QED) is 0.556. The van der Waals surface area contributed by atoms with Gasteiger partial charge in [0.05, 0.1) is 18.9 Å². The van der Waals surface area contributed by atoms with Gasteiger partial charge in [0, 0.05) is 23.6 Å². The van der Waals surface area contributed by atoms with E-state index in [9.17, 15) is 9.90 Å². The van der Waals surface area contributed by atoms with Crippen molar-refractivity contribution in [1.82, 2.24) is 9.99 Å². The second-order valence-electron chi connectivity index (χ2n) is 5.27. The van der Waals surface area contributed by atoms with E-state index in [0.717, 1.165) is 17.0 Å². The highest BCUT2D eigenvalue weighted by Gasteiger charge is 2.08. The maximum atomic E-state index is 11.9. The second kappa shape index (κ2) is 7.35. The van der Waals surface area contributed by atoms with Crippen molar-refractivity contribution >= 4 is 12.1 Å². The number of phenolic OH excluding ortho intramolecular Hbond substituents is 1. The number of rotatable bonds is 5. The summed E-state index contributed by atoms with van der Waals surface area (Å²) in [5.74, 6) is 0.245. The summed E-state index contributed by atoms with van der Waals surface area (Å²) in [6, 6.07) is 15.8. The summed E-state index contributed by atoms with van der Waals surface area (Å²) < 4.78 is 7.08. The average molecular weight is 335 g/mol. The molecule has 0 fully saturated rings. The van der Waals surface area contributed by atoms with Gasteiger partial charge in [-0.25, -0.2) is 5.43 Å². The smallest absolute Gasteiger partial charge is 0.275 e. The van der Waals surface area contributed by atoms with Crippen LogP contribution >= 0.6 is 0 Å². The molecule has 0 aliphatic rings. The predicted octanol–water partition coefficient (Wildman–Crippen LogP) is 2.96. The maximum absolute atomic E-state index is 11.9. The molecule has 3 rings (SSSR count). The number of nitrogens with one attached hydrogen (secondary N) is 1. The van der Waals surface area contributed by atoms with Gasteiger partial charge in [0.25, 0.3) is 5.91 Å². The highest BCUT2D eigenvalue weighted by atomic mass is 16.5. The molecule has 25 heavy (non-hydrogen) atoms. The lowest BCUT2D eigenvalue weighted by molar-refractivity contribution is 0.0952. The Morgan fingerprint density at radius 3 is 2.64 bits per heavy atom. The van der Waals surface area contributed by atoms with Crippen LogP contribution in [0.5, 0.6) is 11.5 Å². The van der Waals surface area contributed by atoms with Crippen LogP contribution in [0, 0.1) is 0 Å². The third kappa shape index (κ3) is 3.87. The molecule has 126 valence electrons. The number of hydrogen-bond donors (Lipinski definition) is 2. The van der Waals surface area contributed by atoms with Gasteiger partial charge in [-0.05, 0) is 42.5 Å². The number of para-hydroxylation sites is 1. The number of benzene rings is 2. The van der Waals surface area contributed by atoms with E-state index >= 15 is 0 Å². The number of carbonyl (C=O) groups is 1. The molecule has 2 aromatic carbocycles. The Morgan fingerprint density at radius 2 is 1.92 bits per heavy atom. The maximum Gasteiger partial charge on any atom is 0.275 e. The fraction of sp³-hybridized carbons (Fsp3) is 0.0526. The summed E-state index contributed by atoms with van der Waals surface area (Å²) in [4.78, 5) is 11.9. The molecule has 0 aliphatic carbocycles. The summed E-state index contributed by atoms with van der Waals surface area (Å²) in [6.07, 6.45) is 5.32. The van der Waals surface area contributed by atoms with Crippen molar-refractivity contribution in [2.45, 2.75) is 0 Å². The molecule has 3 aromatic rings. The largest absolute Gasteiger partial charge is 0.507 e. The molecule has 1 aromatic heterocycles. The lowest BCUT2D eigenvalue weighted by Gasteiger charge is -2.04. The molecule has 2 N–H and O–H groups in total. The van der Waals surface area contributed by atoms with Crippen LogP contribution in [0.4, 0.5) is 0 Å². The number of aromatic hydroxyl groups is 1. The third-order valence-corrected chi connectivity index (χ3v) is 3.61. The molecule has 0 spiro atoms. The van der Waals surface area contributed by atoms with Crippen LogP contribution in [0.2, 0.25) is 0 Å². The number of hydrazone groups is 1. The highest BCUT2D eigenvalue weighted by Crippen LogP contribution is 2.16. The van der Waals surface area contributed by atoms with Crippen molar-refractivity contribution in [2.75, 3.05) is 7.11 Å². The highest BCUT2D eigenvalue weighted by molar-refractivity contribution is 5.97. The van der Waals surface area contributed by atoms with Crippen molar-refractivity contribution < 1.29 is 14.6 Å². The monoisotopic (exact) mass is 335 g/mol. The van der Waals surface area contributed by atoms with E-state index in [1.54, 1.807) is 19.2 Å². The summed E-state index contributed by atoms with van der Waals surface area (Å²) in [7, 11) is 1.63. The number of carbonyl (C=O) groups excluding carboxylic acids is 1. The summed E-state index contributed by atoms with van der Waals surface area (Å²) >= 11 is 0. The van der Waals surface area contributed by atoms with Crippen LogP contribution in [-0.2, 0) is 0 Å². The van der Waals surface area contributed by atoms with Crippen molar-refractivity contribution in [3.05, 3.63) is 78.1 Å². The zero-order chi connectivity index (χ0) is 17.6. The molecule has 0 radical (unpaired) electrons. The second-order valence-corrected chi connectivity index (χ2v) is 5.27. The number of hydrogen-bond acceptors (Lipinski definition) is 4. The van der Waals surface area contributed by atoms with Gasteiger partial charge in [-0.3, -0.25) is 4.79 Å². The Hall–Kier alpha value is -3.54. The van der Waals surface area contributed by atoms with Gasteiger partial charge in [-0.15, -0.1) is 0 Å². The Balaban J connectivity index is 1.65. The Morgan fingerprint density at radius 1 is 1.16 bits per heavy atom. The summed E-state index contributed by atoms with van der Waals surface area (Å²) in [5, 5.41) is 13.6. The molecule has 1 heterocycles. The summed E-state index contributed by atoms with van der Waals surface area (Å²) in [5.41, 5.74) is 4.39. The normalized spacial score (nSPS) is 10.8. The van der Waals surface area contributed by atoms with Crippen molar-refractivity contribution in [3.8, 4) is 17.2 Å². The Bertz CT molecular complexity index is 898. The van der Waals surface area contributed by atoms with E-state index in [1.807, 2.05) is 47.3 Å². The number of amides is 1. The van der Waals surface area contributed by atoms with Gasteiger partial charge >= 0.3 is 0 Å². The molecule has 0 aliphatic heterocycles. The number of phenols is 1. The minimum Gasteiger partial charge on any atom is -0.507 e. The first-order valence-electron chi connectivity index (χ1n) is 7.61. The molecule has 0 bridgehead atoms. The molecule has 0 atom stereocenters. The molecule has 0 saturated heterocycles. The van der Waals surface area contributed by atoms with Gasteiger partial charge in [0.2, 0.25) is 0 Å². The fourth-order valence-corrected chi connectivity index (χ4v) is 2.30. The number of nitrogens with zero attached hydrogens (tertiary/aromatic N) is 2. The van der Waals surface area contributed by atoms with Gasteiger partial charge < -0.3 is 14.4 Å². The zero-order valence-electron chi connectivity index (χ0n) is 13.6. The molecular formula is C19H17N3O3. The third-order valence-electron chi connectivity index (χ3n) is 3.61. The van der Waals surface area contributed by atoms with Crippen molar-refractivity contribution in [1.29, 1.82) is 0 Å². The van der Waals surface area contributed by atoms with E-state index in [2.05, 4.69) is 10.5 Å². The molecule has 6 heteroatoms. The number of aromatic nitrogens is 1. The van der Waals surface area contributed by atoms with E-state index in [1.165, 1.54) is 18.3 Å². The van der Waals surface area contributed by atoms with Crippen LogP contribution in [0.25, 0.3) is 5.69 Å². The molecule has 0 unspecified atom stereocenters. The molecule has 6 nitrogen and oxygen atoms in total. The average Bonchev–Trinajstić information content (AvgIpc) is 3.11. The molecule has 0 saturated carbocycles. The SMILES string of the molecule is COc1ccc(-n2ccc(/C=N/NC(=O)c3ccccc3O)c2)cc1. The Kier molecular flexibility index (Phi) is 4.80. The van der Waals surface area contributed by atoms with E-state index in [-0.39, 0.29) is 11.3 Å². The molecule has 1 amide bonds. The van der Waals surface area contributed by atoms with Gasteiger partial charge in [0.15, 0.2) is 0 Å². The van der Waals surface area contributed by atoms with Crippen LogP contribution in [-0.4, -0.2) is 28.9 Å². The zero-order valence-corrected chi connectivity index (χ0v) is 13.6. The number of ether oxygens (including phenoxy) is 1. The van der Waals surface area contributed by atoms with E-state index in [4.69, 9.17) is 4.74 Å². The fourth-order valence-electron chi connectivity index (χ4n) is 2.30. The van der Waals surface area contributed by atoms with Crippen molar-refractivity contribution in [3.63, 3.8) is 0 Å². The molecular weight excluding hydrogens is 318 g/mol. The number of methoxy groups -OCH3 is 1. The minimum absolute atomic E-state index is 0.0825. The summed E-state index contributed by atoms with van der Waals surface area (Å²) in [6.45, 7) is 0. The van der Waals surface area contributed by atoms with Gasteiger partial charge in [-0.2, -0.15) is 5.10 Å². The first kappa shape index (κ1) is 16.3.